The van der Waals surface area contributed by atoms with Gasteiger partial charge in [-0.05, 0) is 25.3 Å². The number of rotatable bonds is 8. The van der Waals surface area contributed by atoms with Crippen LogP contribution in [0.4, 0.5) is 0 Å². The van der Waals surface area contributed by atoms with E-state index >= 15 is 0 Å². The number of aliphatic hydroxyl groups is 1. The van der Waals surface area contributed by atoms with Gasteiger partial charge in [-0.25, -0.2) is 0 Å². The van der Waals surface area contributed by atoms with E-state index in [-0.39, 0.29) is 12.0 Å². The van der Waals surface area contributed by atoms with Crippen molar-refractivity contribution in [2.24, 2.45) is 0 Å². The zero-order chi connectivity index (χ0) is 14.1. The fourth-order valence-electron chi connectivity index (χ4n) is 1.70. The van der Waals surface area contributed by atoms with Gasteiger partial charge in [0.05, 0.1) is 11.9 Å². The topological polar surface area (TPSA) is 49.3 Å². The predicted octanol–water partition coefficient (Wildman–Crippen LogP) is 2.51. The normalized spacial score (nSPS) is 12.2. The second kappa shape index (κ2) is 8.99. The minimum absolute atomic E-state index is 0.0426. The van der Waals surface area contributed by atoms with Gasteiger partial charge in [-0.2, -0.15) is 0 Å². The Morgan fingerprint density at radius 2 is 2.26 bits per heavy atom. The zero-order valence-electron chi connectivity index (χ0n) is 11.7. The van der Waals surface area contributed by atoms with Crippen molar-refractivity contribution in [3.8, 4) is 0 Å². The number of carbonyl (C=O) groups is 1. The lowest BCUT2D eigenvalue weighted by Gasteiger charge is -2.08. The number of amides is 1. The van der Waals surface area contributed by atoms with Crippen LogP contribution in [0.5, 0.6) is 0 Å². The number of aryl methyl sites for hydroxylation is 1. The van der Waals surface area contributed by atoms with Gasteiger partial charge < -0.3 is 10.4 Å². The van der Waals surface area contributed by atoms with Crippen molar-refractivity contribution in [3.63, 3.8) is 0 Å². The highest BCUT2D eigenvalue weighted by molar-refractivity contribution is 7.99. The van der Waals surface area contributed by atoms with Crippen LogP contribution in [0.1, 0.15) is 30.9 Å². The molecule has 0 aliphatic heterocycles. The molecule has 1 atom stereocenters. The Labute approximate surface area is 119 Å². The number of thioether (sulfide) groups is 1. The molecule has 1 aromatic carbocycles. The van der Waals surface area contributed by atoms with Crippen molar-refractivity contribution in [3.05, 3.63) is 35.4 Å². The fourth-order valence-corrected chi connectivity index (χ4v) is 2.50. The summed E-state index contributed by atoms with van der Waals surface area (Å²) >= 11 is 1.61. The maximum absolute atomic E-state index is 11.6. The van der Waals surface area contributed by atoms with Crippen LogP contribution in [-0.4, -0.2) is 29.4 Å². The minimum Gasteiger partial charge on any atom is -0.393 e. The minimum atomic E-state index is -0.305. The Bertz CT molecular complexity index is 395. The molecule has 0 heterocycles. The van der Waals surface area contributed by atoms with E-state index in [1.54, 1.807) is 11.8 Å². The molecule has 0 saturated heterocycles. The lowest BCUT2D eigenvalue weighted by molar-refractivity contribution is -0.118. The number of hydrogen-bond donors (Lipinski definition) is 2. The molecule has 2 N–H and O–H groups in total. The molecular formula is C15H23NO2S. The first-order valence-corrected chi connectivity index (χ1v) is 7.85. The lowest BCUT2D eigenvalue weighted by Crippen LogP contribution is -2.28. The van der Waals surface area contributed by atoms with Gasteiger partial charge >= 0.3 is 0 Å². The van der Waals surface area contributed by atoms with Crippen molar-refractivity contribution < 1.29 is 9.90 Å². The Morgan fingerprint density at radius 3 is 2.95 bits per heavy atom. The molecule has 106 valence electrons. The third-order valence-electron chi connectivity index (χ3n) is 2.86. The SMILES string of the molecule is CCC(O)CCNC(=O)CSCc1cccc(C)c1. The zero-order valence-corrected chi connectivity index (χ0v) is 12.5. The van der Waals surface area contributed by atoms with Gasteiger partial charge in [-0.1, -0.05) is 36.8 Å². The molecule has 1 rings (SSSR count). The number of nitrogens with one attached hydrogen (secondary N) is 1. The van der Waals surface area contributed by atoms with Gasteiger partial charge in [0, 0.05) is 12.3 Å². The molecule has 0 bridgehead atoms. The Hall–Kier alpha value is -1.00. The summed E-state index contributed by atoms with van der Waals surface area (Å²) in [4.78, 5) is 11.6. The third kappa shape index (κ3) is 7.23. The van der Waals surface area contributed by atoms with Crippen LogP contribution in [-0.2, 0) is 10.5 Å². The predicted molar refractivity (Wildman–Crippen MR) is 81.3 cm³/mol. The summed E-state index contributed by atoms with van der Waals surface area (Å²) in [5, 5.41) is 12.2. The van der Waals surface area contributed by atoms with Gasteiger partial charge in [0.1, 0.15) is 0 Å². The molecule has 0 spiro atoms. The Kier molecular flexibility index (Phi) is 7.60. The first kappa shape index (κ1) is 16.1. The molecule has 0 saturated carbocycles. The summed E-state index contributed by atoms with van der Waals surface area (Å²) < 4.78 is 0. The third-order valence-corrected chi connectivity index (χ3v) is 3.86. The maximum Gasteiger partial charge on any atom is 0.230 e. The van der Waals surface area contributed by atoms with E-state index in [0.29, 0.717) is 18.7 Å². The van der Waals surface area contributed by atoms with E-state index in [4.69, 9.17) is 0 Å². The van der Waals surface area contributed by atoms with Gasteiger partial charge in [-0.3, -0.25) is 4.79 Å². The monoisotopic (exact) mass is 281 g/mol. The molecule has 1 amide bonds. The number of benzene rings is 1. The second-order valence-electron chi connectivity index (χ2n) is 4.68. The van der Waals surface area contributed by atoms with Crippen molar-refractivity contribution in [2.45, 2.75) is 38.5 Å². The van der Waals surface area contributed by atoms with Crippen LogP contribution >= 0.6 is 11.8 Å². The van der Waals surface area contributed by atoms with Crippen molar-refractivity contribution in [1.29, 1.82) is 0 Å². The van der Waals surface area contributed by atoms with Gasteiger partial charge in [0.15, 0.2) is 0 Å². The van der Waals surface area contributed by atoms with E-state index in [1.807, 2.05) is 13.0 Å². The Balaban J connectivity index is 2.13. The van der Waals surface area contributed by atoms with Gasteiger partial charge in [0.2, 0.25) is 5.91 Å². The van der Waals surface area contributed by atoms with Crippen LogP contribution in [0.2, 0.25) is 0 Å². The average Bonchev–Trinajstić information content (AvgIpc) is 2.38. The van der Waals surface area contributed by atoms with Crippen molar-refractivity contribution >= 4 is 17.7 Å². The van der Waals surface area contributed by atoms with Crippen LogP contribution in [0.25, 0.3) is 0 Å². The molecule has 0 aliphatic carbocycles. The van der Waals surface area contributed by atoms with Crippen LogP contribution in [0.15, 0.2) is 24.3 Å². The van der Waals surface area contributed by atoms with Gasteiger partial charge in [-0.15, -0.1) is 11.8 Å². The first-order valence-electron chi connectivity index (χ1n) is 6.70. The van der Waals surface area contributed by atoms with Crippen molar-refractivity contribution in [1.82, 2.24) is 5.32 Å². The molecule has 0 fully saturated rings. The smallest absolute Gasteiger partial charge is 0.230 e. The molecular weight excluding hydrogens is 258 g/mol. The Morgan fingerprint density at radius 1 is 1.47 bits per heavy atom. The van der Waals surface area contributed by atoms with E-state index in [2.05, 4.69) is 30.4 Å². The number of carbonyl (C=O) groups excluding carboxylic acids is 1. The fraction of sp³-hybridized carbons (Fsp3) is 0.533. The van der Waals surface area contributed by atoms with Crippen LogP contribution in [0.3, 0.4) is 0 Å². The molecule has 0 aromatic heterocycles. The highest BCUT2D eigenvalue weighted by atomic mass is 32.2. The van der Waals surface area contributed by atoms with E-state index in [9.17, 15) is 9.90 Å². The largest absolute Gasteiger partial charge is 0.393 e. The van der Waals surface area contributed by atoms with Crippen LogP contribution in [0, 0.1) is 6.92 Å². The molecule has 0 radical (unpaired) electrons. The highest BCUT2D eigenvalue weighted by Crippen LogP contribution is 2.13. The van der Waals surface area contributed by atoms with E-state index in [1.165, 1.54) is 11.1 Å². The summed E-state index contributed by atoms with van der Waals surface area (Å²) in [5.41, 5.74) is 2.50. The summed E-state index contributed by atoms with van der Waals surface area (Å²) in [6.45, 7) is 4.56. The average molecular weight is 281 g/mol. The summed E-state index contributed by atoms with van der Waals surface area (Å²) in [5.74, 6) is 1.36. The summed E-state index contributed by atoms with van der Waals surface area (Å²) in [6.07, 6.45) is 1.06. The molecule has 19 heavy (non-hydrogen) atoms. The molecule has 1 unspecified atom stereocenters. The summed E-state index contributed by atoms with van der Waals surface area (Å²) in [7, 11) is 0. The second-order valence-corrected chi connectivity index (χ2v) is 5.67. The molecule has 1 aromatic rings. The van der Waals surface area contributed by atoms with E-state index < -0.39 is 0 Å². The van der Waals surface area contributed by atoms with E-state index in [0.717, 1.165) is 12.2 Å². The molecule has 4 heteroatoms. The van der Waals surface area contributed by atoms with Crippen molar-refractivity contribution in [2.75, 3.05) is 12.3 Å². The highest BCUT2D eigenvalue weighted by Gasteiger charge is 2.04. The van der Waals surface area contributed by atoms with Gasteiger partial charge in [0.25, 0.3) is 0 Å². The first-order chi connectivity index (χ1) is 9.11. The lowest BCUT2D eigenvalue weighted by atomic mass is 10.2. The van der Waals surface area contributed by atoms with Crippen LogP contribution < -0.4 is 5.32 Å². The summed E-state index contributed by atoms with van der Waals surface area (Å²) in [6, 6.07) is 8.33. The number of aliphatic hydroxyl groups excluding tert-OH is 1. The standard InChI is InChI=1S/C15H23NO2S/c1-3-14(17)7-8-16-15(18)11-19-10-13-6-4-5-12(2)9-13/h4-6,9,14,17H,3,7-8,10-11H2,1-2H3,(H,16,18). The maximum atomic E-state index is 11.6. The quantitative estimate of drug-likeness (QED) is 0.770. The number of hydrogen-bond acceptors (Lipinski definition) is 3. The molecule has 0 aliphatic rings. The molecule has 3 nitrogen and oxygen atoms in total.